The first-order chi connectivity index (χ1) is 15.4. The molecule has 1 fully saturated rings. The second kappa shape index (κ2) is 8.26. The van der Waals surface area contributed by atoms with Gasteiger partial charge in [-0.1, -0.05) is 23.4 Å². The van der Waals surface area contributed by atoms with Crippen molar-refractivity contribution < 1.29 is 13.6 Å². The number of hydrogen-bond acceptors (Lipinski definition) is 5. The molecule has 0 aliphatic carbocycles. The van der Waals surface area contributed by atoms with Crippen molar-refractivity contribution in [1.29, 1.82) is 0 Å². The van der Waals surface area contributed by atoms with Crippen molar-refractivity contribution in [3.8, 4) is 11.1 Å². The molecule has 2 aliphatic heterocycles. The fourth-order valence-corrected chi connectivity index (χ4v) is 4.73. The molecule has 1 unspecified atom stereocenters. The van der Waals surface area contributed by atoms with Gasteiger partial charge in [0.25, 0.3) is 0 Å². The number of halogens is 3. The Balaban J connectivity index is 1.51. The number of urea groups is 1. The Bertz CT molecular complexity index is 1170. The van der Waals surface area contributed by atoms with Gasteiger partial charge >= 0.3 is 6.03 Å². The molecular formula is C21H20F2IN7O. The molecule has 0 spiro atoms. The largest absolute Gasteiger partial charge is 0.351 e. The van der Waals surface area contributed by atoms with Crippen molar-refractivity contribution >= 4 is 40.1 Å². The highest BCUT2D eigenvalue weighted by Crippen LogP contribution is 2.41. The summed E-state index contributed by atoms with van der Waals surface area (Å²) in [5.74, 6) is 0.0160. The predicted octanol–water partition coefficient (Wildman–Crippen LogP) is 3.84. The van der Waals surface area contributed by atoms with E-state index in [1.165, 1.54) is 6.07 Å². The molecule has 8 nitrogen and oxygen atoms in total. The summed E-state index contributed by atoms with van der Waals surface area (Å²) in [7, 11) is 0. The van der Waals surface area contributed by atoms with Crippen LogP contribution in [0.15, 0.2) is 42.7 Å². The van der Waals surface area contributed by atoms with Gasteiger partial charge in [0, 0.05) is 36.8 Å². The van der Waals surface area contributed by atoms with Crippen molar-refractivity contribution in [2.45, 2.75) is 23.2 Å². The molecule has 1 aromatic carbocycles. The number of nitrogens with zero attached hydrogens (tertiary/aromatic N) is 6. The molecule has 166 valence electrons. The van der Waals surface area contributed by atoms with Gasteiger partial charge in [-0.2, -0.15) is 0 Å². The van der Waals surface area contributed by atoms with Crippen LogP contribution >= 0.6 is 22.6 Å². The third kappa shape index (κ3) is 4.00. The molecule has 1 atom stereocenters. The van der Waals surface area contributed by atoms with Gasteiger partial charge in [0.1, 0.15) is 5.82 Å². The van der Waals surface area contributed by atoms with E-state index in [9.17, 15) is 13.6 Å². The first-order valence-corrected chi connectivity index (χ1v) is 11.3. The molecule has 2 aromatic heterocycles. The van der Waals surface area contributed by atoms with Crippen molar-refractivity contribution in [3.63, 3.8) is 0 Å². The molecule has 0 saturated carbocycles. The van der Waals surface area contributed by atoms with E-state index in [4.69, 9.17) is 0 Å². The normalized spacial score (nSPS) is 20.3. The third-order valence-corrected chi connectivity index (χ3v) is 6.60. The lowest BCUT2D eigenvalue weighted by atomic mass is 10.0. The number of rotatable bonds is 3. The average molecular weight is 551 g/mol. The molecule has 0 bridgehead atoms. The maximum Gasteiger partial charge on any atom is 0.322 e. The lowest BCUT2D eigenvalue weighted by Gasteiger charge is -2.29. The van der Waals surface area contributed by atoms with Crippen LogP contribution in [-0.2, 0) is 13.1 Å². The van der Waals surface area contributed by atoms with Gasteiger partial charge in [-0.25, -0.2) is 23.2 Å². The number of anilines is 2. The second-order valence-corrected chi connectivity index (χ2v) is 9.80. The van der Waals surface area contributed by atoms with Crippen molar-refractivity contribution in [2.24, 2.45) is 0 Å². The highest BCUT2D eigenvalue weighted by atomic mass is 127. The zero-order valence-corrected chi connectivity index (χ0v) is 19.2. The smallest absolute Gasteiger partial charge is 0.322 e. The molecule has 32 heavy (non-hydrogen) atoms. The van der Waals surface area contributed by atoms with E-state index < -0.39 is 9.49 Å². The summed E-state index contributed by atoms with van der Waals surface area (Å²) in [6.07, 6.45) is 3.53. The maximum atomic E-state index is 14.7. The zero-order valence-electron chi connectivity index (χ0n) is 17.0. The Morgan fingerprint density at radius 3 is 2.78 bits per heavy atom. The molecule has 11 heteroatoms. The number of carbonyl (C=O) groups is 1. The molecule has 1 saturated heterocycles. The lowest BCUT2D eigenvalue weighted by Crippen LogP contribution is -2.41. The number of aromatic nitrogens is 4. The lowest BCUT2D eigenvalue weighted by molar-refractivity contribution is 0.194. The van der Waals surface area contributed by atoms with Gasteiger partial charge in [0.05, 0.1) is 37.2 Å². The van der Waals surface area contributed by atoms with Crippen LogP contribution in [0.25, 0.3) is 11.1 Å². The Labute approximate surface area is 196 Å². The van der Waals surface area contributed by atoms with Gasteiger partial charge in [-0.05, 0) is 34.7 Å². The van der Waals surface area contributed by atoms with E-state index in [1.807, 2.05) is 0 Å². The summed E-state index contributed by atoms with van der Waals surface area (Å²) in [4.78, 5) is 21.1. The first-order valence-electron chi connectivity index (χ1n) is 10.2. The van der Waals surface area contributed by atoms with Crippen molar-refractivity contribution in [2.75, 3.05) is 29.9 Å². The average Bonchev–Trinajstić information content (AvgIpc) is 3.39. The highest BCUT2D eigenvalue weighted by molar-refractivity contribution is 14.1. The minimum atomic E-state index is -1.38. The Morgan fingerprint density at radius 1 is 1.16 bits per heavy atom. The second-order valence-electron chi connectivity index (χ2n) is 7.86. The van der Waals surface area contributed by atoms with Crippen LogP contribution in [0, 0.1) is 5.82 Å². The molecule has 3 aromatic rings. The van der Waals surface area contributed by atoms with Crippen LogP contribution in [0.4, 0.5) is 25.1 Å². The zero-order chi connectivity index (χ0) is 22.3. The van der Waals surface area contributed by atoms with E-state index in [2.05, 4.69) is 20.6 Å². The van der Waals surface area contributed by atoms with Crippen LogP contribution in [0.3, 0.4) is 0 Å². The summed E-state index contributed by atoms with van der Waals surface area (Å²) in [5, 5.41) is 10.8. The van der Waals surface area contributed by atoms with E-state index in [-0.39, 0.29) is 12.6 Å². The number of alkyl halides is 2. The molecule has 2 amide bonds. The summed E-state index contributed by atoms with van der Waals surface area (Å²) < 4.78 is 29.6. The standard InChI is InChI=1S/C21H20F2IN7O/c22-17-4-2-1-3-15(17)16-5-7-25-19(30-8-6-21(23,24)13-30)18(16)27-20(32)29-9-10-31-14(12-29)11-26-28-31/h1-5,7,11H,6,8-10,12-13H2,(H,27,32). The van der Waals surface area contributed by atoms with Gasteiger partial charge < -0.3 is 15.1 Å². The molecule has 4 heterocycles. The number of hydrogen-bond donors (Lipinski definition) is 1. The van der Waals surface area contributed by atoms with E-state index in [1.54, 1.807) is 73.7 Å². The first kappa shape index (κ1) is 21.0. The Hall–Kier alpha value is -2.83. The molecule has 1 N–H and O–H groups in total. The summed E-state index contributed by atoms with van der Waals surface area (Å²) in [6.45, 7) is 1.93. The van der Waals surface area contributed by atoms with E-state index >= 15 is 0 Å². The monoisotopic (exact) mass is 551 g/mol. The minimum absolute atomic E-state index is 0.138. The van der Waals surface area contributed by atoms with Gasteiger partial charge in [0.15, 0.2) is 9.49 Å². The minimum Gasteiger partial charge on any atom is -0.351 e. The van der Waals surface area contributed by atoms with Gasteiger partial charge in [-0.3, -0.25) is 0 Å². The quantitative estimate of drug-likeness (QED) is 0.396. The van der Waals surface area contributed by atoms with Crippen LogP contribution in [0.2, 0.25) is 0 Å². The van der Waals surface area contributed by atoms with Crippen LogP contribution < -0.4 is 10.2 Å². The third-order valence-electron chi connectivity index (χ3n) is 5.72. The highest BCUT2D eigenvalue weighted by Gasteiger charge is 2.37. The number of nitrogens with one attached hydrogen (secondary N) is 1. The number of carbonyl (C=O) groups excluding carboxylic acids is 1. The number of amides is 2. The van der Waals surface area contributed by atoms with Gasteiger partial charge in [-0.15, -0.1) is 5.10 Å². The number of pyridine rings is 1. The van der Waals surface area contributed by atoms with E-state index in [0.717, 1.165) is 5.69 Å². The molecule has 2 aliphatic rings. The number of benzene rings is 1. The number of fused-ring (bicyclic) bond motifs is 1. The van der Waals surface area contributed by atoms with Crippen molar-refractivity contribution in [1.82, 2.24) is 24.9 Å². The fraction of sp³-hybridized carbons (Fsp3) is 0.333. The Kier molecular flexibility index (Phi) is 5.43. The molecule has 0 radical (unpaired) electrons. The van der Waals surface area contributed by atoms with Crippen molar-refractivity contribution in [3.05, 3.63) is 54.2 Å². The summed E-state index contributed by atoms with van der Waals surface area (Å²) >= 11 is 1.80. The Morgan fingerprint density at radius 2 is 2.00 bits per heavy atom. The molecule has 5 rings (SSSR count). The van der Waals surface area contributed by atoms with Crippen LogP contribution in [0.1, 0.15) is 12.1 Å². The fourth-order valence-electron chi connectivity index (χ4n) is 4.07. The summed E-state index contributed by atoms with van der Waals surface area (Å²) in [6, 6.07) is 7.68. The topological polar surface area (TPSA) is 79.2 Å². The van der Waals surface area contributed by atoms with Gasteiger partial charge in [0.2, 0.25) is 0 Å². The van der Waals surface area contributed by atoms with E-state index in [0.29, 0.717) is 55.2 Å². The van der Waals surface area contributed by atoms with Crippen LogP contribution in [0.5, 0.6) is 0 Å². The summed E-state index contributed by atoms with van der Waals surface area (Å²) in [5.41, 5.74) is 2.04. The predicted molar refractivity (Wildman–Crippen MR) is 124 cm³/mol. The van der Waals surface area contributed by atoms with Crippen LogP contribution in [-0.4, -0.2) is 54.2 Å². The molecular weight excluding hydrogens is 531 g/mol. The SMILES string of the molecule is O=C(Nc1c(-c2ccccc2F)ccnc1N1CCC(F)(I)C1)N1CCn2nncc2C1. The maximum absolute atomic E-state index is 14.7.